The van der Waals surface area contributed by atoms with E-state index in [4.69, 9.17) is 4.74 Å². The first-order valence-electron chi connectivity index (χ1n) is 8.24. The van der Waals surface area contributed by atoms with Crippen molar-refractivity contribution in [3.63, 3.8) is 0 Å². The van der Waals surface area contributed by atoms with Gasteiger partial charge in [0.15, 0.2) is 0 Å². The lowest BCUT2D eigenvalue weighted by molar-refractivity contribution is 0.0155. The van der Waals surface area contributed by atoms with Gasteiger partial charge in [0.25, 0.3) is 5.91 Å². The number of nitrogens with zero attached hydrogens (tertiary/aromatic N) is 1. The van der Waals surface area contributed by atoms with Crippen molar-refractivity contribution in [3.8, 4) is 5.75 Å². The van der Waals surface area contributed by atoms with Crippen LogP contribution >= 0.6 is 0 Å². The van der Waals surface area contributed by atoms with Crippen molar-refractivity contribution in [1.29, 1.82) is 0 Å². The van der Waals surface area contributed by atoms with Crippen LogP contribution in [0, 0.1) is 0 Å². The topological polar surface area (TPSA) is 65.6 Å². The predicted octanol–water partition coefficient (Wildman–Crippen LogP) is 2.94. The quantitative estimate of drug-likeness (QED) is 0.891. The second-order valence-electron chi connectivity index (χ2n) is 6.46. The number of rotatable bonds is 5. The van der Waals surface area contributed by atoms with Crippen LogP contribution in [0.3, 0.4) is 0 Å². The summed E-state index contributed by atoms with van der Waals surface area (Å²) in [6.07, 6.45) is 3.61. The molecule has 0 unspecified atom stereocenters. The fourth-order valence-corrected chi connectivity index (χ4v) is 3.39. The van der Waals surface area contributed by atoms with Gasteiger partial charge in [-0.05, 0) is 38.0 Å². The molecule has 1 amide bonds. The number of aliphatic hydroxyl groups is 1. The summed E-state index contributed by atoms with van der Waals surface area (Å²) in [6.45, 7) is 2.93. The summed E-state index contributed by atoms with van der Waals surface area (Å²) in [5.41, 5.74) is 0.698. The fraction of sp³-hybridized carbons (Fsp3) is 0.500. The minimum atomic E-state index is -0.724. The zero-order valence-corrected chi connectivity index (χ0v) is 13.8. The van der Waals surface area contributed by atoms with E-state index in [0.717, 1.165) is 42.3 Å². The second kappa shape index (κ2) is 6.24. The van der Waals surface area contributed by atoms with E-state index in [1.807, 2.05) is 31.2 Å². The molecule has 124 valence electrons. The molecule has 5 nitrogen and oxygen atoms in total. The minimum Gasteiger partial charge on any atom is -0.494 e. The van der Waals surface area contributed by atoms with Crippen LogP contribution in [0.4, 0.5) is 0 Å². The van der Waals surface area contributed by atoms with Gasteiger partial charge >= 0.3 is 0 Å². The van der Waals surface area contributed by atoms with E-state index in [9.17, 15) is 9.90 Å². The molecule has 0 saturated heterocycles. The second-order valence-corrected chi connectivity index (χ2v) is 6.46. The molecule has 2 N–H and O–H groups in total. The number of nitrogens with one attached hydrogen (secondary N) is 1. The first-order chi connectivity index (χ1) is 11.0. The van der Waals surface area contributed by atoms with Crippen LogP contribution in [0.2, 0.25) is 0 Å². The lowest BCUT2D eigenvalue weighted by Crippen LogP contribution is -2.42. The van der Waals surface area contributed by atoms with E-state index in [1.165, 1.54) is 0 Å². The van der Waals surface area contributed by atoms with Crippen LogP contribution in [0.1, 0.15) is 43.1 Å². The molecule has 3 rings (SSSR count). The highest BCUT2D eigenvalue weighted by Crippen LogP contribution is 2.30. The summed E-state index contributed by atoms with van der Waals surface area (Å²) in [7, 11) is 1.75. The first-order valence-corrected chi connectivity index (χ1v) is 8.24. The Morgan fingerprint density at radius 1 is 1.35 bits per heavy atom. The van der Waals surface area contributed by atoms with Gasteiger partial charge in [-0.25, -0.2) is 0 Å². The van der Waals surface area contributed by atoms with Gasteiger partial charge in [-0.15, -0.1) is 0 Å². The van der Waals surface area contributed by atoms with Gasteiger partial charge in [-0.3, -0.25) is 4.79 Å². The molecule has 0 spiro atoms. The summed E-state index contributed by atoms with van der Waals surface area (Å²) in [5.74, 6) is 0.689. The van der Waals surface area contributed by atoms with Crippen LogP contribution in [0.15, 0.2) is 24.3 Å². The van der Waals surface area contributed by atoms with Gasteiger partial charge in [0.2, 0.25) is 0 Å². The zero-order chi connectivity index (χ0) is 16.4. The average Bonchev–Trinajstić information content (AvgIpc) is 3.12. The highest BCUT2D eigenvalue weighted by molar-refractivity contribution is 5.98. The van der Waals surface area contributed by atoms with E-state index < -0.39 is 5.60 Å². The normalized spacial score (nSPS) is 16.7. The number of likely N-dealkylation sites (N-methyl/N-ethyl adjacent to an activating group) is 1. The fourth-order valence-electron chi connectivity index (χ4n) is 3.39. The third kappa shape index (κ3) is 3.34. The SMILES string of the molecule is CCOc1ccc2cc(C(=O)N(C)CC3(O)CCCC3)[nH]c2c1. The van der Waals surface area contributed by atoms with Gasteiger partial charge < -0.3 is 19.7 Å². The summed E-state index contributed by atoms with van der Waals surface area (Å²) >= 11 is 0. The van der Waals surface area contributed by atoms with Crippen LogP contribution < -0.4 is 4.74 Å². The molecule has 1 aliphatic carbocycles. The van der Waals surface area contributed by atoms with Crippen molar-refractivity contribution in [2.45, 2.75) is 38.2 Å². The number of ether oxygens (including phenoxy) is 1. The van der Waals surface area contributed by atoms with Crippen LogP contribution in [0.25, 0.3) is 10.9 Å². The number of hydrogen-bond acceptors (Lipinski definition) is 3. The number of carbonyl (C=O) groups excluding carboxylic acids is 1. The Kier molecular flexibility index (Phi) is 4.31. The van der Waals surface area contributed by atoms with E-state index in [2.05, 4.69) is 4.98 Å². The maximum atomic E-state index is 12.6. The number of hydrogen-bond donors (Lipinski definition) is 2. The third-order valence-electron chi connectivity index (χ3n) is 4.55. The standard InChI is InChI=1S/C18H24N2O3/c1-3-23-14-7-6-13-10-16(19-15(13)11-14)17(21)20(2)12-18(22)8-4-5-9-18/h6-7,10-11,19,22H,3-5,8-9,12H2,1-2H3. The molecule has 23 heavy (non-hydrogen) atoms. The smallest absolute Gasteiger partial charge is 0.270 e. The predicted molar refractivity (Wildman–Crippen MR) is 89.8 cm³/mol. The number of carbonyl (C=O) groups is 1. The number of amides is 1. The van der Waals surface area contributed by atoms with Crippen molar-refractivity contribution >= 4 is 16.8 Å². The Bertz CT molecular complexity index is 701. The minimum absolute atomic E-state index is 0.0977. The molecule has 0 radical (unpaired) electrons. The number of aromatic nitrogens is 1. The molecule has 5 heteroatoms. The summed E-state index contributed by atoms with van der Waals surface area (Å²) in [5, 5.41) is 11.4. The lowest BCUT2D eigenvalue weighted by atomic mass is 10.0. The van der Waals surface area contributed by atoms with E-state index in [1.54, 1.807) is 11.9 Å². The van der Waals surface area contributed by atoms with Crippen LogP contribution in [-0.4, -0.2) is 46.7 Å². The molecule has 1 aliphatic rings. The first kappa shape index (κ1) is 15.9. The van der Waals surface area contributed by atoms with Gasteiger partial charge in [-0.1, -0.05) is 12.8 Å². The molecule has 1 heterocycles. The third-order valence-corrected chi connectivity index (χ3v) is 4.55. The Morgan fingerprint density at radius 3 is 2.78 bits per heavy atom. The van der Waals surface area contributed by atoms with E-state index in [-0.39, 0.29) is 5.91 Å². The molecule has 0 atom stereocenters. The zero-order valence-electron chi connectivity index (χ0n) is 13.8. The number of fused-ring (bicyclic) bond motifs is 1. The average molecular weight is 316 g/mol. The van der Waals surface area contributed by atoms with Crippen LogP contribution in [0.5, 0.6) is 5.75 Å². The molecule has 0 bridgehead atoms. The Hall–Kier alpha value is -2.01. The van der Waals surface area contributed by atoms with Crippen molar-refractivity contribution in [3.05, 3.63) is 30.0 Å². The molecular formula is C18H24N2O3. The van der Waals surface area contributed by atoms with Crippen molar-refractivity contribution in [1.82, 2.24) is 9.88 Å². The van der Waals surface area contributed by atoms with Gasteiger partial charge in [0.1, 0.15) is 11.4 Å². The number of benzene rings is 1. The number of H-pyrrole nitrogens is 1. The van der Waals surface area contributed by atoms with Crippen molar-refractivity contribution in [2.75, 3.05) is 20.2 Å². The van der Waals surface area contributed by atoms with Gasteiger partial charge in [0, 0.05) is 30.6 Å². The molecule has 1 saturated carbocycles. The molecule has 1 fully saturated rings. The lowest BCUT2D eigenvalue weighted by Gasteiger charge is -2.28. The maximum Gasteiger partial charge on any atom is 0.270 e. The van der Waals surface area contributed by atoms with E-state index in [0.29, 0.717) is 18.8 Å². The summed E-state index contributed by atoms with van der Waals surface area (Å²) < 4.78 is 5.48. The van der Waals surface area contributed by atoms with Crippen LogP contribution in [-0.2, 0) is 0 Å². The molecule has 1 aromatic heterocycles. The Balaban J connectivity index is 1.77. The molecule has 2 aromatic rings. The summed E-state index contributed by atoms with van der Waals surface area (Å²) in [4.78, 5) is 17.4. The number of aromatic amines is 1. The van der Waals surface area contributed by atoms with Crippen molar-refractivity contribution in [2.24, 2.45) is 0 Å². The Labute approximate surface area is 136 Å². The summed E-state index contributed by atoms with van der Waals surface area (Å²) in [6, 6.07) is 7.60. The monoisotopic (exact) mass is 316 g/mol. The molecular weight excluding hydrogens is 292 g/mol. The van der Waals surface area contributed by atoms with Gasteiger partial charge in [-0.2, -0.15) is 0 Å². The largest absolute Gasteiger partial charge is 0.494 e. The maximum absolute atomic E-state index is 12.6. The van der Waals surface area contributed by atoms with Gasteiger partial charge in [0.05, 0.1) is 12.2 Å². The molecule has 1 aromatic carbocycles. The van der Waals surface area contributed by atoms with Crippen molar-refractivity contribution < 1.29 is 14.6 Å². The van der Waals surface area contributed by atoms with E-state index >= 15 is 0 Å². The molecule has 0 aliphatic heterocycles. The highest BCUT2D eigenvalue weighted by Gasteiger charge is 2.33. The Morgan fingerprint density at radius 2 is 2.09 bits per heavy atom. The highest BCUT2D eigenvalue weighted by atomic mass is 16.5.